The van der Waals surface area contributed by atoms with Crippen molar-refractivity contribution in [3.63, 3.8) is 0 Å². The zero-order valence-corrected chi connectivity index (χ0v) is 14.0. The lowest BCUT2D eigenvalue weighted by Gasteiger charge is -2.35. The number of hydrogen-bond donors (Lipinski definition) is 2. The van der Waals surface area contributed by atoms with Gasteiger partial charge < -0.3 is 15.3 Å². The monoisotopic (exact) mass is 315 g/mol. The SMILES string of the molecule is CC1(C)CC(C(=O)NCCOCCN=C=S)C(C)(C)N1O. The molecule has 0 radical (unpaired) electrons. The molecule has 1 fully saturated rings. The average molecular weight is 315 g/mol. The molecule has 0 aromatic rings. The van der Waals surface area contributed by atoms with Crippen LogP contribution in [0.15, 0.2) is 4.99 Å². The quantitative estimate of drug-likeness (QED) is 0.423. The first-order valence-corrected chi connectivity index (χ1v) is 7.52. The van der Waals surface area contributed by atoms with Crippen LogP contribution in [0.5, 0.6) is 0 Å². The maximum absolute atomic E-state index is 12.3. The lowest BCUT2D eigenvalue weighted by Crippen LogP contribution is -2.50. The minimum absolute atomic E-state index is 0.0508. The standard InChI is InChI=1S/C14H25N3O3S/c1-13(2)9-11(14(3,4)17(13)19)12(18)16-6-8-20-7-5-15-10-21/h11,19H,5-9H2,1-4H3,(H,16,18). The van der Waals surface area contributed by atoms with E-state index in [1.165, 1.54) is 5.06 Å². The molecule has 1 atom stereocenters. The molecule has 1 amide bonds. The number of thiocarbonyl (C=S) groups is 1. The summed E-state index contributed by atoms with van der Waals surface area (Å²) in [6, 6.07) is 0. The number of carbonyl (C=O) groups excluding carboxylic acids is 1. The van der Waals surface area contributed by atoms with Crippen LogP contribution in [-0.2, 0) is 9.53 Å². The molecule has 0 aliphatic carbocycles. The maximum Gasteiger partial charge on any atom is 0.225 e. The molecule has 1 heterocycles. The molecular formula is C14H25N3O3S. The predicted octanol–water partition coefficient (Wildman–Crippen LogP) is 1.49. The van der Waals surface area contributed by atoms with E-state index in [-0.39, 0.29) is 11.8 Å². The number of carbonyl (C=O) groups is 1. The van der Waals surface area contributed by atoms with Gasteiger partial charge in [-0.25, -0.2) is 4.99 Å². The molecule has 0 saturated carbocycles. The van der Waals surface area contributed by atoms with Crippen molar-refractivity contribution in [2.75, 3.05) is 26.3 Å². The zero-order valence-electron chi connectivity index (χ0n) is 13.2. The second-order valence-electron chi connectivity index (χ2n) is 6.41. The number of nitrogens with zero attached hydrogens (tertiary/aromatic N) is 2. The van der Waals surface area contributed by atoms with Crippen LogP contribution in [0.1, 0.15) is 34.1 Å². The van der Waals surface area contributed by atoms with E-state index in [1.54, 1.807) is 0 Å². The largest absolute Gasteiger partial charge is 0.378 e. The Bertz CT molecular complexity index is 420. The van der Waals surface area contributed by atoms with Gasteiger partial charge in [-0.15, -0.1) is 0 Å². The Balaban J connectivity index is 2.37. The summed E-state index contributed by atoms with van der Waals surface area (Å²) in [5.74, 6) is -0.304. The Kier molecular flexibility index (Phi) is 6.43. The summed E-state index contributed by atoms with van der Waals surface area (Å²) in [5, 5.41) is 16.6. The van der Waals surface area contributed by atoms with Gasteiger partial charge in [0.2, 0.25) is 5.91 Å². The summed E-state index contributed by atoms with van der Waals surface area (Å²) in [6.07, 6.45) is 0.618. The first-order valence-electron chi connectivity index (χ1n) is 7.12. The summed E-state index contributed by atoms with van der Waals surface area (Å²) < 4.78 is 5.31. The molecule has 0 aromatic heterocycles. The molecule has 1 rings (SSSR count). The number of hydroxylamine groups is 2. The number of rotatable bonds is 7. The Labute approximate surface area is 131 Å². The minimum Gasteiger partial charge on any atom is -0.378 e. The fourth-order valence-corrected chi connectivity index (χ4v) is 2.90. The van der Waals surface area contributed by atoms with Crippen LogP contribution in [-0.4, -0.2) is 58.7 Å². The first kappa shape index (κ1) is 18.2. The van der Waals surface area contributed by atoms with E-state index in [0.717, 1.165) is 0 Å². The van der Waals surface area contributed by atoms with Crippen molar-refractivity contribution >= 4 is 23.3 Å². The average Bonchev–Trinajstić information content (AvgIpc) is 2.58. The van der Waals surface area contributed by atoms with Gasteiger partial charge in [0.15, 0.2) is 0 Å². The fourth-order valence-electron chi connectivity index (χ4n) is 2.80. The lowest BCUT2D eigenvalue weighted by molar-refractivity contribution is -0.197. The Morgan fingerprint density at radius 1 is 1.48 bits per heavy atom. The van der Waals surface area contributed by atoms with E-state index >= 15 is 0 Å². The van der Waals surface area contributed by atoms with Crippen LogP contribution in [0.4, 0.5) is 0 Å². The third-order valence-electron chi connectivity index (χ3n) is 3.95. The number of amides is 1. The van der Waals surface area contributed by atoms with Gasteiger partial charge in [0.1, 0.15) is 0 Å². The molecule has 6 nitrogen and oxygen atoms in total. The summed E-state index contributed by atoms with van der Waals surface area (Å²) in [7, 11) is 0. The molecular weight excluding hydrogens is 290 g/mol. The van der Waals surface area contributed by atoms with Crippen molar-refractivity contribution in [1.29, 1.82) is 0 Å². The van der Waals surface area contributed by atoms with Crippen LogP contribution in [0, 0.1) is 5.92 Å². The molecule has 0 spiro atoms. The second-order valence-corrected chi connectivity index (χ2v) is 6.59. The van der Waals surface area contributed by atoms with Crippen molar-refractivity contribution < 1.29 is 14.7 Å². The Morgan fingerprint density at radius 2 is 2.14 bits per heavy atom. The Hall–Kier alpha value is -0.850. The normalized spacial score (nSPS) is 23.6. The second kappa shape index (κ2) is 7.42. The topological polar surface area (TPSA) is 74.2 Å². The first-order chi connectivity index (χ1) is 9.73. The van der Waals surface area contributed by atoms with Crippen molar-refractivity contribution in [2.45, 2.75) is 45.2 Å². The van der Waals surface area contributed by atoms with Gasteiger partial charge in [0.05, 0.1) is 36.4 Å². The van der Waals surface area contributed by atoms with Crippen LogP contribution in [0.2, 0.25) is 0 Å². The molecule has 120 valence electrons. The highest BCUT2D eigenvalue weighted by molar-refractivity contribution is 7.78. The minimum atomic E-state index is -0.581. The number of hydrogen-bond acceptors (Lipinski definition) is 6. The zero-order chi connectivity index (χ0) is 16.1. The van der Waals surface area contributed by atoms with E-state index in [4.69, 9.17) is 4.74 Å². The van der Waals surface area contributed by atoms with E-state index in [0.29, 0.717) is 32.7 Å². The number of ether oxygens (including phenoxy) is 1. The molecule has 0 bridgehead atoms. The third kappa shape index (κ3) is 4.56. The van der Waals surface area contributed by atoms with Crippen LogP contribution in [0.3, 0.4) is 0 Å². The summed E-state index contributed by atoms with van der Waals surface area (Å²) in [4.78, 5) is 16.0. The summed E-state index contributed by atoms with van der Waals surface area (Å²) in [5.41, 5.74) is -0.983. The number of isothiocyanates is 1. The van der Waals surface area contributed by atoms with Gasteiger partial charge in [-0.1, -0.05) is 0 Å². The van der Waals surface area contributed by atoms with Crippen LogP contribution < -0.4 is 5.32 Å². The Morgan fingerprint density at radius 3 is 2.67 bits per heavy atom. The molecule has 1 aliphatic rings. The maximum atomic E-state index is 12.3. The highest BCUT2D eigenvalue weighted by Crippen LogP contribution is 2.43. The number of nitrogens with one attached hydrogen (secondary N) is 1. The smallest absolute Gasteiger partial charge is 0.225 e. The highest BCUT2D eigenvalue weighted by Gasteiger charge is 2.54. The predicted molar refractivity (Wildman–Crippen MR) is 83.6 cm³/mol. The lowest BCUT2D eigenvalue weighted by atomic mass is 9.86. The van der Waals surface area contributed by atoms with E-state index < -0.39 is 11.1 Å². The highest BCUT2D eigenvalue weighted by atomic mass is 32.1. The molecule has 1 aliphatic heterocycles. The van der Waals surface area contributed by atoms with Crippen molar-refractivity contribution in [3.8, 4) is 0 Å². The molecule has 1 saturated heterocycles. The van der Waals surface area contributed by atoms with Crippen LogP contribution >= 0.6 is 12.2 Å². The van der Waals surface area contributed by atoms with Gasteiger partial charge in [0, 0.05) is 12.1 Å². The number of aliphatic imine (C=N–C) groups is 1. The third-order valence-corrected chi connectivity index (χ3v) is 4.08. The van der Waals surface area contributed by atoms with Gasteiger partial charge in [-0.3, -0.25) is 4.79 Å². The summed E-state index contributed by atoms with van der Waals surface area (Å²) >= 11 is 4.44. The van der Waals surface area contributed by atoms with E-state index in [2.05, 4.69) is 27.7 Å². The van der Waals surface area contributed by atoms with Crippen molar-refractivity contribution in [3.05, 3.63) is 0 Å². The van der Waals surface area contributed by atoms with E-state index in [9.17, 15) is 10.0 Å². The van der Waals surface area contributed by atoms with Gasteiger partial charge in [-0.05, 0) is 46.3 Å². The molecule has 0 aromatic carbocycles. The fraction of sp³-hybridized carbons (Fsp3) is 0.857. The van der Waals surface area contributed by atoms with Gasteiger partial charge in [-0.2, -0.15) is 5.06 Å². The van der Waals surface area contributed by atoms with Crippen molar-refractivity contribution in [1.82, 2.24) is 10.4 Å². The summed E-state index contributed by atoms with van der Waals surface area (Å²) in [6.45, 7) is 9.45. The molecule has 7 heteroatoms. The van der Waals surface area contributed by atoms with Gasteiger partial charge in [0.25, 0.3) is 0 Å². The van der Waals surface area contributed by atoms with E-state index in [1.807, 2.05) is 27.7 Å². The van der Waals surface area contributed by atoms with Crippen molar-refractivity contribution in [2.24, 2.45) is 10.9 Å². The van der Waals surface area contributed by atoms with Gasteiger partial charge >= 0.3 is 0 Å². The molecule has 21 heavy (non-hydrogen) atoms. The molecule has 2 N–H and O–H groups in total. The van der Waals surface area contributed by atoms with Crippen LogP contribution in [0.25, 0.3) is 0 Å². The molecule has 1 unspecified atom stereocenters.